The van der Waals surface area contributed by atoms with Crippen LogP contribution in [0.2, 0.25) is 0 Å². The molecule has 3 rings (SSSR count). The summed E-state index contributed by atoms with van der Waals surface area (Å²) in [6, 6.07) is 16.9. The summed E-state index contributed by atoms with van der Waals surface area (Å²) in [6.45, 7) is 0.549. The highest BCUT2D eigenvalue weighted by atomic mass is 32.2. The van der Waals surface area contributed by atoms with Gasteiger partial charge < -0.3 is 4.90 Å². The third kappa shape index (κ3) is 4.83. The Balaban J connectivity index is 1.60. The molecule has 1 aliphatic rings. The average Bonchev–Trinajstić information content (AvgIpc) is 3.14. The van der Waals surface area contributed by atoms with Gasteiger partial charge in [-0.15, -0.1) is 0 Å². The van der Waals surface area contributed by atoms with E-state index in [2.05, 4.69) is 0 Å². The van der Waals surface area contributed by atoms with E-state index in [0.29, 0.717) is 18.5 Å². The van der Waals surface area contributed by atoms with Gasteiger partial charge in [-0.25, -0.2) is 8.42 Å². The molecule has 1 unspecified atom stereocenters. The first kappa shape index (κ1) is 19.3. The number of ketones is 1. The van der Waals surface area contributed by atoms with Crippen molar-refractivity contribution in [3.05, 3.63) is 66.2 Å². The maximum atomic E-state index is 12.6. The molecule has 0 aromatic heterocycles. The summed E-state index contributed by atoms with van der Waals surface area (Å²) in [6.07, 6.45) is 1.70. The van der Waals surface area contributed by atoms with Gasteiger partial charge in [0, 0.05) is 31.0 Å². The van der Waals surface area contributed by atoms with E-state index in [9.17, 15) is 18.0 Å². The molecule has 6 heteroatoms. The second kappa shape index (κ2) is 8.48. The van der Waals surface area contributed by atoms with Crippen molar-refractivity contribution in [2.45, 2.75) is 36.6 Å². The highest BCUT2D eigenvalue weighted by molar-refractivity contribution is 7.91. The van der Waals surface area contributed by atoms with Crippen LogP contribution in [0.1, 0.15) is 36.0 Å². The quantitative estimate of drug-likeness (QED) is 0.687. The number of hydrogen-bond acceptors (Lipinski definition) is 4. The van der Waals surface area contributed by atoms with Crippen LogP contribution in [0.4, 0.5) is 0 Å². The minimum atomic E-state index is -3.45. The summed E-state index contributed by atoms with van der Waals surface area (Å²) < 4.78 is 25.2. The summed E-state index contributed by atoms with van der Waals surface area (Å²) in [5.74, 6) is -0.295. The molecule has 0 radical (unpaired) electrons. The van der Waals surface area contributed by atoms with Gasteiger partial charge >= 0.3 is 0 Å². The van der Waals surface area contributed by atoms with E-state index < -0.39 is 9.84 Å². The van der Waals surface area contributed by atoms with Crippen molar-refractivity contribution < 1.29 is 18.0 Å². The van der Waals surface area contributed by atoms with Gasteiger partial charge in [-0.3, -0.25) is 9.59 Å². The number of carbonyl (C=O) groups excluding carboxylic acids is 2. The summed E-state index contributed by atoms with van der Waals surface area (Å²) in [5.41, 5.74) is 0.593. The number of likely N-dealkylation sites (tertiary alicyclic amines) is 1. The summed E-state index contributed by atoms with van der Waals surface area (Å²) in [5, 5.41) is 0. The van der Waals surface area contributed by atoms with Gasteiger partial charge in [0.15, 0.2) is 15.6 Å². The fraction of sp³-hybridized carbons (Fsp3) is 0.333. The number of sulfone groups is 1. The van der Waals surface area contributed by atoms with E-state index in [1.165, 1.54) is 0 Å². The third-order valence-corrected chi connectivity index (χ3v) is 6.69. The first-order valence-electron chi connectivity index (χ1n) is 9.13. The monoisotopic (exact) mass is 385 g/mol. The fourth-order valence-electron chi connectivity index (χ4n) is 3.45. The van der Waals surface area contributed by atoms with Crippen molar-refractivity contribution in [3.8, 4) is 0 Å². The second-order valence-electron chi connectivity index (χ2n) is 6.77. The van der Waals surface area contributed by atoms with Gasteiger partial charge in [-0.05, 0) is 25.0 Å². The number of nitrogens with zero attached hydrogens (tertiary/aromatic N) is 1. The summed E-state index contributed by atoms with van der Waals surface area (Å²) in [4.78, 5) is 26.7. The Hall–Kier alpha value is -2.47. The Morgan fingerprint density at radius 3 is 2.22 bits per heavy atom. The van der Waals surface area contributed by atoms with Crippen molar-refractivity contribution in [1.29, 1.82) is 0 Å². The smallest absolute Gasteiger partial charge is 0.223 e. The van der Waals surface area contributed by atoms with Crippen LogP contribution in [-0.4, -0.2) is 43.3 Å². The highest BCUT2D eigenvalue weighted by Gasteiger charge is 2.32. The van der Waals surface area contributed by atoms with Gasteiger partial charge in [0.1, 0.15) is 0 Å². The minimum absolute atomic E-state index is 0.0726. The predicted octanol–water partition coefficient (Wildman–Crippen LogP) is 3.11. The summed E-state index contributed by atoms with van der Waals surface area (Å²) >= 11 is 0. The number of benzene rings is 2. The molecule has 2 aromatic carbocycles. The lowest BCUT2D eigenvalue weighted by atomic mass is 10.1. The van der Waals surface area contributed by atoms with E-state index in [1.807, 2.05) is 6.07 Å². The lowest BCUT2D eigenvalue weighted by Gasteiger charge is -2.24. The number of rotatable bonds is 7. The first-order chi connectivity index (χ1) is 13.0. The van der Waals surface area contributed by atoms with Crippen molar-refractivity contribution in [2.75, 3.05) is 12.3 Å². The van der Waals surface area contributed by atoms with E-state index in [-0.39, 0.29) is 41.2 Å². The highest BCUT2D eigenvalue weighted by Crippen LogP contribution is 2.23. The zero-order valence-corrected chi connectivity index (χ0v) is 15.9. The Labute approximate surface area is 159 Å². The van der Waals surface area contributed by atoms with Crippen LogP contribution in [-0.2, 0) is 14.6 Å². The first-order valence-corrected chi connectivity index (χ1v) is 10.8. The van der Waals surface area contributed by atoms with E-state index in [4.69, 9.17) is 0 Å². The molecule has 0 saturated carbocycles. The summed E-state index contributed by atoms with van der Waals surface area (Å²) in [7, 11) is -3.45. The third-order valence-electron chi connectivity index (χ3n) is 4.87. The molecule has 5 nitrogen and oxygen atoms in total. The Morgan fingerprint density at radius 2 is 1.56 bits per heavy atom. The molecule has 1 amide bonds. The van der Waals surface area contributed by atoms with Crippen LogP contribution in [0, 0.1) is 0 Å². The van der Waals surface area contributed by atoms with Crippen LogP contribution in [0.3, 0.4) is 0 Å². The molecule has 142 valence electrons. The molecule has 0 N–H and O–H groups in total. The normalized spacial score (nSPS) is 17.0. The molecule has 0 bridgehead atoms. The molecule has 1 aliphatic heterocycles. The zero-order chi connectivity index (χ0) is 19.3. The van der Waals surface area contributed by atoms with Crippen molar-refractivity contribution in [1.82, 2.24) is 4.90 Å². The average molecular weight is 385 g/mol. The van der Waals surface area contributed by atoms with Crippen molar-refractivity contribution in [3.63, 3.8) is 0 Å². The number of hydrogen-bond donors (Lipinski definition) is 0. The number of amides is 1. The van der Waals surface area contributed by atoms with E-state index in [1.54, 1.807) is 59.5 Å². The topological polar surface area (TPSA) is 71.5 Å². The Kier molecular flexibility index (Phi) is 6.06. The molecule has 0 spiro atoms. The number of Topliss-reactive ketones (excluding diaryl/α,β-unsaturated/α-hetero) is 1. The molecule has 1 saturated heterocycles. The van der Waals surface area contributed by atoms with Crippen LogP contribution in [0.15, 0.2) is 65.6 Å². The van der Waals surface area contributed by atoms with Gasteiger partial charge in [0.05, 0.1) is 10.6 Å². The van der Waals surface area contributed by atoms with Crippen molar-refractivity contribution in [2.24, 2.45) is 0 Å². The SMILES string of the molecule is O=C(CCC(=O)N1CCCC1CS(=O)(=O)c1ccccc1)c1ccccc1. The molecule has 1 heterocycles. The van der Waals surface area contributed by atoms with Gasteiger partial charge in [-0.2, -0.15) is 0 Å². The van der Waals surface area contributed by atoms with E-state index >= 15 is 0 Å². The van der Waals surface area contributed by atoms with Crippen LogP contribution >= 0.6 is 0 Å². The minimum Gasteiger partial charge on any atom is -0.339 e. The van der Waals surface area contributed by atoms with Gasteiger partial charge in [0.25, 0.3) is 0 Å². The van der Waals surface area contributed by atoms with Crippen LogP contribution in [0.25, 0.3) is 0 Å². The van der Waals surface area contributed by atoms with Crippen molar-refractivity contribution >= 4 is 21.5 Å². The van der Waals surface area contributed by atoms with Crippen LogP contribution in [0.5, 0.6) is 0 Å². The molecule has 1 fully saturated rings. The maximum Gasteiger partial charge on any atom is 0.223 e. The van der Waals surface area contributed by atoms with Gasteiger partial charge in [-0.1, -0.05) is 48.5 Å². The predicted molar refractivity (Wildman–Crippen MR) is 103 cm³/mol. The van der Waals surface area contributed by atoms with E-state index in [0.717, 1.165) is 6.42 Å². The largest absolute Gasteiger partial charge is 0.339 e. The molecule has 1 atom stereocenters. The molecule has 0 aliphatic carbocycles. The Morgan fingerprint density at radius 1 is 0.926 bits per heavy atom. The molecule has 2 aromatic rings. The standard InChI is InChI=1S/C21H23NO4S/c23-20(17-8-3-1-4-9-17)13-14-21(24)22-15-7-10-18(22)16-27(25,26)19-11-5-2-6-12-19/h1-6,8-9,11-12,18H,7,10,13-16H2. The second-order valence-corrected chi connectivity index (χ2v) is 8.80. The van der Waals surface area contributed by atoms with Crippen LogP contribution < -0.4 is 0 Å². The lowest BCUT2D eigenvalue weighted by molar-refractivity contribution is -0.131. The molecular formula is C21H23NO4S. The maximum absolute atomic E-state index is 12.6. The molecule has 27 heavy (non-hydrogen) atoms. The Bertz CT molecular complexity index is 894. The molecular weight excluding hydrogens is 362 g/mol. The number of carbonyl (C=O) groups is 2. The zero-order valence-electron chi connectivity index (χ0n) is 15.1. The van der Waals surface area contributed by atoms with Gasteiger partial charge in [0.2, 0.25) is 5.91 Å². The lowest BCUT2D eigenvalue weighted by Crippen LogP contribution is -2.39. The fourth-order valence-corrected chi connectivity index (χ4v) is 5.06.